The number of nitro benzene ring substituents is 1. The molecule has 2 aromatic heterocycles. The van der Waals surface area contributed by atoms with Gasteiger partial charge in [0, 0.05) is 17.2 Å². The van der Waals surface area contributed by atoms with Crippen molar-refractivity contribution in [2.45, 2.75) is 6.92 Å². The summed E-state index contributed by atoms with van der Waals surface area (Å²) >= 11 is 0. The van der Waals surface area contributed by atoms with Crippen molar-refractivity contribution >= 4 is 28.8 Å². The number of hydrogen-bond acceptors (Lipinski definition) is 7. The van der Waals surface area contributed by atoms with Crippen LogP contribution in [0.15, 0.2) is 89.1 Å². The van der Waals surface area contributed by atoms with Crippen LogP contribution < -0.4 is 0 Å². The molecule has 0 unspecified atom stereocenters. The van der Waals surface area contributed by atoms with E-state index in [4.69, 9.17) is 9.97 Å². The molecule has 6 rings (SSSR count). The number of rotatable bonds is 4. The summed E-state index contributed by atoms with van der Waals surface area (Å²) in [6, 6.07) is 24.0. The quantitative estimate of drug-likeness (QED) is 0.212. The predicted molar refractivity (Wildman–Crippen MR) is 133 cm³/mol. The fourth-order valence-electron chi connectivity index (χ4n) is 4.20. The van der Waals surface area contributed by atoms with Gasteiger partial charge in [-0.15, -0.1) is 5.10 Å². The van der Waals surface area contributed by atoms with Gasteiger partial charge >= 0.3 is 0 Å². The molecule has 0 radical (unpaired) electrons. The molecule has 0 N–H and O–H groups in total. The highest BCUT2D eigenvalue weighted by molar-refractivity contribution is 6.23. The molecule has 168 valence electrons. The van der Waals surface area contributed by atoms with Crippen LogP contribution in [0.4, 0.5) is 5.69 Å². The summed E-state index contributed by atoms with van der Waals surface area (Å²) in [5, 5.41) is 24.6. The van der Waals surface area contributed by atoms with E-state index in [9.17, 15) is 10.1 Å². The third-order valence-corrected chi connectivity index (χ3v) is 5.82. The Morgan fingerprint density at radius 3 is 2.40 bits per heavy atom. The zero-order valence-corrected chi connectivity index (χ0v) is 18.5. The largest absolute Gasteiger partial charge is 0.278 e. The monoisotopic (exact) mass is 459 g/mol. The average Bonchev–Trinajstić information content (AvgIpc) is 3.38. The average molecular weight is 459 g/mol. The van der Waals surface area contributed by atoms with Crippen LogP contribution >= 0.6 is 0 Å². The minimum atomic E-state index is -0.440. The lowest BCUT2D eigenvalue weighted by atomic mass is 10.1. The Morgan fingerprint density at radius 1 is 0.886 bits per heavy atom. The van der Waals surface area contributed by atoms with Crippen molar-refractivity contribution in [1.82, 2.24) is 19.7 Å². The lowest BCUT2D eigenvalue weighted by Crippen LogP contribution is -2.03. The van der Waals surface area contributed by atoms with E-state index >= 15 is 0 Å². The van der Waals surface area contributed by atoms with E-state index in [-0.39, 0.29) is 5.69 Å². The van der Waals surface area contributed by atoms with Crippen LogP contribution in [0.5, 0.6) is 0 Å². The lowest BCUT2D eigenvalue weighted by molar-refractivity contribution is -0.385. The van der Waals surface area contributed by atoms with Crippen LogP contribution in [0, 0.1) is 17.0 Å². The number of nitrogens with zero attached hydrogens (tertiary/aromatic N) is 7. The molecule has 2 heterocycles. The Labute approximate surface area is 199 Å². The fourth-order valence-corrected chi connectivity index (χ4v) is 4.20. The minimum Gasteiger partial charge on any atom is -0.258 e. The van der Waals surface area contributed by atoms with E-state index in [2.05, 4.69) is 15.3 Å². The second-order valence-corrected chi connectivity index (χ2v) is 7.98. The second kappa shape index (κ2) is 8.07. The molecule has 1 aliphatic rings. The van der Waals surface area contributed by atoms with Gasteiger partial charge in [0.05, 0.1) is 28.1 Å². The molecule has 0 atom stereocenters. The summed E-state index contributed by atoms with van der Waals surface area (Å²) in [5.41, 5.74) is 6.94. The highest BCUT2D eigenvalue weighted by Crippen LogP contribution is 2.36. The molecule has 0 fully saturated rings. The van der Waals surface area contributed by atoms with Crippen LogP contribution in [0.1, 0.15) is 22.5 Å². The molecule has 5 aromatic rings. The van der Waals surface area contributed by atoms with Crippen LogP contribution in [-0.2, 0) is 0 Å². The maximum atomic E-state index is 11.3. The number of para-hydroxylation sites is 2. The van der Waals surface area contributed by atoms with Crippen LogP contribution in [0.2, 0.25) is 0 Å². The standard InChI is InChI=1S/C26H17N7O2/c1-16-22-26(32(31-16)18-10-3-2-4-11-18)29-23-19-12-6-7-13-20(19)24(25(23)28-22)30-27-15-17-9-5-8-14-21(17)33(34)35/h2-15H,1H3/b27-15+,30-24-. The first-order valence-corrected chi connectivity index (χ1v) is 10.9. The zero-order valence-electron chi connectivity index (χ0n) is 18.5. The Balaban J connectivity index is 1.51. The van der Waals surface area contributed by atoms with E-state index < -0.39 is 4.92 Å². The minimum absolute atomic E-state index is 0.0332. The Kier molecular flexibility index (Phi) is 4.74. The predicted octanol–water partition coefficient (Wildman–Crippen LogP) is 4.88. The molecular formula is C26H17N7O2. The first kappa shape index (κ1) is 20.5. The van der Waals surface area contributed by atoms with Crippen molar-refractivity contribution in [2.75, 3.05) is 0 Å². The van der Waals surface area contributed by atoms with Gasteiger partial charge in [-0.2, -0.15) is 10.2 Å². The smallest absolute Gasteiger partial charge is 0.258 e. The summed E-state index contributed by atoms with van der Waals surface area (Å²) < 4.78 is 1.79. The van der Waals surface area contributed by atoms with Gasteiger partial charge in [0.15, 0.2) is 5.65 Å². The van der Waals surface area contributed by atoms with Gasteiger partial charge in [0.1, 0.15) is 22.6 Å². The van der Waals surface area contributed by atoms with Gasteiger partial charge in [-0.25, -0.2) is 14.6 Å². The number of fused-ring (bicyclic) bond motifs is 4. The Hall–Kier alpha value is -5.05. The molecule has 9 nitrogen and oxygen atoms in total. The van der Waals surface area contributed by atoms with Gasteiger partial charge in [-0.05, 0) is 25.1 Å². The first-order chi connectivity index (χ1) is 17.1. The third kappa shape index (κ3) is 3.37. The lowest BCUT2D eigenvalue weighted by Gasteiger charge is -2.04. The number of benzene rings is 3. The molecule has 0 saturated heterocycles. The van der Waals surface area contributed by atoms with Gasteiger partial charge in [-0.1, -0.05) is 54.6 Å². The molecule has 0 spiro atoms. The Morgan fingerprint density at radius 2 is 1.60 bits per heavy atom. The van der Waals surface area contributed by atoms with Gasteiger partial charge in [-0.3, -0.25) is 10.1 Å². The molecule has 35 heavy (non-hydrogen) atoms. The number of hydrogen-bond donors (Lipinski definition) is 0. The third-order valence-electron chi connectivity index (χ3n) is 5.82. The normalized spacial score (nSPS) is 13.5. The van der Waals surface area contributed by atoms with Crippen molar-refractivity contribution in [1.29, 1.82) is 0 Å². The topological polar surface area (TPSA) is 111 Å². The number of nitro groups is 1. The zero-order chi connectivity index (χ0) is 23.9. The van der Waals surface area contributed by atoms with E-state index in [0.717, 1.165) is 22.5 Å². The molecular weight excluding hydrogens is 442 g/mol. The SMILES string of the molecule is Cc1nn(-c2ccccc2)c2nc3c(nc12)/C(=N\N=C\c1ccccc1[N+](=O)[O-])c1ccccc1-3. The highest BCUT2D eigenvalue weighted by Gasteiger charge is 2.30. The van der Waals surface area contributed by atoms with Gasteiger partial charge in [0.25, 0.3) is 5.69 Å². The summed E-state index contributed by atoms with van der Waals surface area (Å²) in [4.78, 5) is 20.7. The number of aryl methyl sites for hydroxylation is 1. The first-order valence-electron chi connectivity index (χ1n) is 10.9. The van der Waals surface area contributed by atoms with Crippen molar-refractivity contribution < 1.29 is 4.92 Å². The van der Waals surface area contributed by atoms with E-state index in [1.165, 1.54) is 12.3 Å². The van der Waals surface area contributed by atoms with E-state index in [0.29, 0.717) is 33.8 Å². The fraction of sp³-hybridized carbons (Fsp3) is 0.0385. The number of aromatic nitrogens is 4. The highest BCUT2D eigenvalue weighted by atomic mass is 16.6. The van der Waals surface area contributed by atoms with E-state index in [1.54, 1.807) is 22.9 Å². The maximum absolute atomic E-state index is 11.3. The summed E-state index contributed by atoms with van der Waals surface area (Å²) in [6.45, 7) is 1.90. The van der Waals surface area contributed by atoms with Crippen molar-refractivity contribution in [3.63, 3.8) is 0 Å². The summed E-state index contributed by atoms with van der Waals surface area (Å²) in [5.74, 6) is 0. The van der Waals surface area contributed by atoms with Crippen LogP contribution in [0.25, 0.3) is 28.1 Å². The summed E-state index contributed by atoms with van der Waals surface area (Å²) in [7, 11) is 0. The van der Waals surface area contributed by atoms with Crippen LogP contribution in [0.3, 0.4) is 0 Å². The summed E-state index contributed by atoms with van der Waals surface area (Å²) in [6.07, 6.45) is 1.39. The van der Waals surface area contributed by atoms with Gasteiger partial charge in [0.2, 0.25) is 0 Å². The van der Waals surface area contributed by atoms with Crippen molar-refractivity contribution in [3.8, 4) is 16.9 Å². The maximum Gasteiger partial charge on any atom is 0.278 e. The van der Waals surface area contributed by atoms with E-state index in [1.807, 2.05) is 61.5 Å². The Bertz CT molecular complexity index is 1690. The van der Waals surface area contributed by atoms with Crippen LogP contribution in [-0.4, -0.2) is 36.6 Å². The van der Waals surface area contributed by atoms with Gasteiger partial charge < -0.3 is 0 Å². The second-order valence-electron chi connectivity index (χ2n) is 7.98. The molecule has 3 aromatic carbocycles. The van der Waals surface area contributed by atoms with Crippen molar-refractivity contribution in [3.05, 3.63) is 111 Å². The molecule has 1 aliphatic carbocycles. The molecule has 0 aliphatic heterocycles. The molecule has 0 saturated carbocycles. The molecule has 9 heteroatoms. The van der Waals surface area contributed by atoms with Crippen molar-refractivity contribution in [2.24, 2.45) is 10.2 Å². The molecule has 0 bridgehead atoms. The molecule has 0 amide bonds.